The minimum Gasteiger partial charge on any atom is -0.376 e. The molecule has 7 heteroatoms. The van der Waals surface area contributed by atoms with Crippen LogP contribution in [0.15, 0.2) is 60.7 Å². The molecule has 138 valence electrons. The molecule has 0 spiro atoms. The third-order valence-electron chi connectivity index (χ3n) is 3.78. The molecule has 3 rings (SSSR count). The molecule has 0 aliphatic carbocycles. The van der Waals surface area contributed by atoms with Crippen LogP contribution >= 0.6 is 11.3 Å². The second-order valence-electron chi connectivity index (χ2n) is 5.89. The van der Waals surface area contributed by atoms with Crippen LogP contribution in [0.5, 0.6) is 0 Å². The van der Waals surface area contributed by atoms with Crippen LogP contribution in [-0.2, 0) is 4.79 Å². The summed E-state index contributed by atoms with van der Waals surface area (Å²) in [6, 6.07) is 17.1. The highest BCUT2D eigenvalue weighted by atomic mass is 32.1. The topological polar surface area (TPSA) is 70.2 Å². The van der Waals surface area contributed by atoms with E-state index in [1.165, 1.54) is 23.5 Å². The van der Waals surface area contributed by atoms with E-state index in [1.807, 2.05) is 31.2 Å². The fraction of sp³-hybridized carbons (Fsp3) is 0.100. The molecule has 0 bridgehead atoms. The fourth-order valence-corrected chi connectivity index (χ4v) is 3.22. The third kappa shape index (κ3) is 5.15. The van der Waals surface area contributed by atoms with Gasteiger partial charge in [-0.25, -0.2) is 4.39 Å². The SMILES string of the molecule is Cc1ccc(NCC(=O)NNC(=O)c2ccc(-c3ccc(F)cc3)s2)cc1. The highest BCUT2D eigenvalue weighted by molar-refractivity contribution is 7.17. The highest BCUT2D eigenvalue weighted by Crippen LogP contribution is 2.28. The van der Waals surface area contributed by atoms with Gasteiger partial charge in [-0.2, -0.15) is 0 Å². The van der Waals surface area contributed by atoms with Crippen molar-refractivity contribution in [1.29, 1.82) is 0 Å². The number of thiophene rings is 1. The smallest absolute Gasteiger partial charge is 0.279 e. The van der Waals surface area contributed by atoms with Crippen molar-refractivity contribution in [2.75, 3.05) is 11.9 Å². The van der Waals surface area contributed by atoms with Crippen LogP contribution in [0.1, 0.15) is 15.2 Å². The van der Waals surface area contributed by atoms with Crippen molar-refractivity contribution in [3.63, 3.8) is 0 Å². The Morgan fingerprint density at radius 2 is 1.63 bits per heavy atom. The van der Waals surface area contributed by atoms with Crippen molar-refractivity contribution in [3.8, 4) is 10.4 Å². The molecule has 0 saturated heterocycles. The van der Waals surface area contributed by atoms with Crippen molar-refractivity contribution < 1.29 is 14.0 Å². The van der Waals surface area contributed by atoms with Gasteiger partial charge in [0.2, 0.25) is 0 Å². The Hall–Kier alpha value is -3.19. The predicted molar refractivity (Wildman–Crippen MR) is 105 cm³/mol. The average Bonchev–Trinajstić information content (AvgIpc) is 3.16. The van der Waals surface area contributed by atoms with Gasteiger partial charge in [-0.15, -0.1) is 11.3 Å². The lowest BCUT2D eigenvalue weighted by Gasteiger charge is -2.08. The molecule has 2 amide bonds. The molecule has 0 atom stereocenters. The number of hydrazine groups is 1. The summed E-state index contributed by atoms with van der Waals surface area (Å²) in [7, 11) is 0. The van der Waals surface area contributed by atoms with E-state index in [1.54, 1.807) is 24.3 Å². The zero-order valence-corrected chi connectivity index (χ0v) is 15.4. The zero-order chi connectivity index (χ0) is 19.2. The number of amides is 2. The lowest BCUT2D eigenvalue weighted by Crippen LogP contribution is -2.43. The van der Waals surface area contributed by atoms with Gasteiger partial charge in [-0.3, -0.25) is 20.4 Å². The van der Waals surface area contributed by atoms with E-state index in [4.69, 9.17) is 0 Å². The first-order chi connectivity index (χ1) is 13.0. The van der Waals surface area contributed by atoms with Gasteiger partial charge in [-0.05, 0) is 48.9 Å². The molecule has 0 fully saturated rings. The highest BCUT2D eigenvalue weighted by Gasteiger charge is 2.11. The molecule has 0 aliphatic rings. The normalized spacial score (nSPS) is 10.3. The van der Waals surface area contributed by atoms with E-state index >= 15 is 0 Å². The first-order valence-electron chi connectivity index (χ1n) is 8.27. The Labute approximate surface area is 160 Å². The first-order valence-corrected chi connectivity index (χ1v) is 9.08. The molecule has 1 heterocycles. The van der Waals surface area contributed by atoms with Crippen LogP contribution in [0.3, 0.4) is 0 Å². The van der Waals surface area contributed by atoms with Gasteiger partial charge in [-0.1, -0.05) is 29.8 Å². The van der Waals surface area contributed by atoms with Crippen LogP contribution in [0.4, 0.5) is 10.1 Å². The van der Waals surface area contributed by atoms with E-state index < -0.39 is 5.91 Å². The first kappa shape index (κ1) is 18.6. The average molecular weight is 383 g/mol. The van der Waals surface area contributed by atoms with E-state index in [-0.39, 0.29) is 18.3 Å². The van der Waals surface area contributed by atoms with E-state index in [0.717, 1.165) is 21.7 Å². The maximum atomic E-state index is 13.0. The molecular weight excluding hydrogens is 365 g/mol. The summed E-state index contributed by atoms with van der Waals surface area (Å²) < 4.78 is 13.0. The zero-order valence-electron chi connectivity index (χ0n) is 14.6. The predicted octanol–water partition coefficient (Wildman–Crippen LogP) is 3.74. The van der Waals surface area contributed by atoms with Gasteiger partial charge in [0.05, 0.1) is 11.4 Å². The Bertz CT molecular complexity index is 937. The Kier molecular flexibility index (Phi) is 5.83. The molecule has 5 nitrogen and oxygen atoms in total. The molecule has 0 unspecified atom stereocenters. The number of hydrogen-bond acceptors (Lipinski definition) is 4. The van der Waals surface area contributed by atoms with Crippen molar-refractivity contribution in [2.45, 2.75) is 6.92 Å². The second-order valence-corrected chi connectivity index (χ2v) is 6.98. The number of rotatable bonds is 5. The summed E-state index contributed by atoms with van der Waals surface area (Å²) in [4.78, 5) is 25.3. The quantitative estimate of drug-likeness (QED) is 0.588. The molecule has 3 N–H and O–H groups in total. The van der Waals surface area contributed by atoms with E-state index in [2.05, 4.69) is 16.2 Å². The van der Waals surface area contributed by atoms with Crippen LogP contribution in [0.25, 0.3) is 10.4 Å². The number of nitrogens with one attached hydrogen (secondary N) is 3. The number of carbonyl (C=O) groups is 2. The minimum atomic E-state index is -0.406. The Morgan fingerprint density at radius 1 is 0.926 bits per heavy atom. The van der Waals surface area contributed by atoms with Crippen LogP contribution in [0, 0.1) is 12.7 Å². The van der Waals surface area contributed by atoms with Gasteiger partial charge in [0, 0.05) is 10.6 Å². The Balaban J connectivity index is 1.49. The number of anilines is 1. The molecule has 0 saturated carbocycles. The number of aryl methyl sites for hydroxylation is 1. The second kappa shape index (κ2) is 8.46. The summed E-state index contributed by atoms with van der Waals surface area (Å²) in [5, 5.41) is 2.97. The standard InChI is InChI=1S/C20H18FN3O2S/c1-13-2-8-16(9-3-13)22-12-19(25)23-24-20(26)18-11-10-17(27-18)14-4-6-15(21)7-5-14/h2-11,22H,12H2,1H3,(H,23,25)(H,24,26). The summed E-state index contributed by atoms with van der Waals surface area (Å²) in [5.41, 5.74) is 7.55. The van der Waals surface area contributed by atoms with Gasteiger partial charge >= 0.3 is 0 Å². The maximum Gasteiger partial charge on any atom is 0.279 e. The van der Waals surface area contributed by atoms with E-state index in [0.29, 0.717) is 4.88 Å². The minimum absolute atomic E-state index is 0.0363. The number of hydrogen-bond donors (Lipinski definition) is 3. The monoisotopic (exact) mass is 383 g/mol. The number of halogens is 1. The molecule has 3 aromatic rings. The molecule has 0 aliphatic heterocycles. The maximum absolute atomic E-state index is 13.0. The molecular formula is C20H18FN3O2S. The largest absolute Gasteiger partial charge is 0.376 e. The van der Waals surface area contributed by atoms with Gasteiger partial charge in [0.25, 0.3) is 11.8 Å². The molecule has 2 aromatic carbocycles. The summed E-state index contributed by atoms with van der Waals surface area (Å²) in [6.07, 6.45) is 0. The van der Waals surface area contributed by atoms with E-state index in [9.17, 15) is 14.0 Å². The fourth-order valence-electron chi connectivity index (χ4n) is 2.32. The molecule has 1 aromatic heterocycles. The molecule has 0 radical (unpaired) electrons. The summed E-state index contributed by atoms with van der Waals surface area (Å²) in [5.74, 6) is -1.08. The van der Waals surface area contributed by atoms with Gasteiger partial charge < -0.3 is 5.32 Å². The lowest BCUT2D eigenvalue weighted by atomic mass is 10.2. The molecule has 27 heavy (non-hydrogen) atoms. The van der Waals surface area contributed by atoms with Crippen molar-refractivity contribution in [1.82, 2.24) is 10.9 Å². The van der Waals surface area contributed by atoms with Crippen LogP contribution < -0.4 is 16.2 Å². The van der Waals surface area contributed by atoms with Crippen LogP contribution in [-0.4, -0.2) is 18.4 Å². The lowest BCUT2D eigenvalue weighted by molar-refractivity contribution is -0.120. The van der Waals surface area contributed by atoms with Crippen molar-refractivity contribution >= 4 is 28.8 Å². The van der Waals surface area contributed by atoms with Crippen molar-refractivity contribution in [2.24, 2.45) is 0 Å². The summed E-state index contributed by atoms with van der Waals surface area (Å²) in [6.45, 7) is 2.02. The van der Waals surface area contributed by atoms with Crippen LogP contribution in [0.2, 0.25) is 0 Å². The summed E-state index contributed by atoms with van der Waals surface area (Å²) >= 11 is 1.26. The van der Waals surface area contributed by atoms with Gasteiger partial charge in [0.15, 0.2) is 0 Å². The van der Waals surface area contributed by atoms with Crippen molar-refractivity contribution in [3.05, 3.63) is 76.9 Å². The number of benzene rings is 2. The Morgan fingerprint density at radius 3 is 2.33 bits per heavy atom. The van der Waals surface area contributed by atoms with Gasteiger partial charge in [0.1, 0.15) is 5.82 Å². The third-order valence-corrected chi connectivity index (χ3v) is 4.91. The number of carbonyl (C=O) groups excluding carboxylic acids is 2.